The first-order chi connectivity index (χ1) is 16.1. The van der Waals surface area contributed by atoms with Crippen LogP contribution in [0.1, 0.15) is 36.5 Å². The van der Waals surface area contributed by atoms with Crippen molar-refractivity contribution in [2.24, 2.45) is 0 Å². The fourth-order valence-corrected chi connectivity index (χ4v) is 4.40. The molecule has 180 valence electrons. The molecule has 11 heteroatoms. The van der Waals surface area contributed by atoms with Crippen LogP contribution in [0.4, 0.5) is 18.9 Å². The molecule has 1 aromatic heterocycles. The molecule has 34 heavy (non-hydrogen) atoms. The molecule has 0 radical (unpaired) electrons. The van der Waals surface area contributed by atoms with Crippen molar-refractivity contribution in [2.45, 2.75) is 44.9 Å². The second-order valence-corrected chi connectivity index (χ2v) is 8.91. The smallest absolute Gasteiger partial charge is 0.390 e. The second-order valence-electron chi connectivity index (χ2n) is 8.07. The predicted octanol–water partition coefficient (Wildman–Crippen LogP) is 5.81. The van der Waals surface area contributed by atoms with E-state index in [-0.39, 0.29) is 42.2 Å². The third-order valence-electron chi connectivity index (χ3n) is 5.60. The first-order valence-corrected chi connectivity index (χ1v) is 11.3. The summed E-state index contributed by atoms with van der Waals surface area (Å²) in [7, 11) is 0. The van der Waals surface area contributed by atoms with Crippen molar-refractivity contribution < 1.29 is 22.7 Å². The van der Waals surface area contributed by atoms with Crippen LogP contribution in [0.25, 0.3) is 0 Å². The van der Waals surface area contributed by atoms with Crippen LogP contribution in [-0.4, -0.2) is 33.5 Å². The van der Waals surface area contributed by atoms with Gasteiger partial charge in [-0.1, -0.05) is 60.5 Å². The molecular formula is C23H21Cl2F3N4O2. The van der Waals surface area contributed by atoms with Crippen LogP contribution in [0.2, 0.25) is 10.0 Å². The Morgan fingerprint density at radius 3 is 2.53 bits per heavy atom. The summed E-state index contributed by atoms with van der Waals surface area (Å²) < 4.78 is 46.1. The van der Waals surface area contributed by atoms with Gasteiger partial charge in [-0.25, -0.2) is 0 Å². The van der Waals surface area contributed by atoms with Gasteiger partial charge in [0.05, 0.1) is 23.7 Å². The van der Waals surface area contributed by atoms with E-state index >= 15 is 0 Å². The van der Waals surface area contributed by atoms with Crippen molar-refractivity contribution in [3.63, 3.8) is 0 Å². The zero-order valence-corrected chi connectivity index (χ0v) is 19.7. The average molecular weight is 513 g/mol. The molecule has 1 aliphatic rings. The number of hydrogen-bond acceptors (Lipinski definition) is 4. The van der Waals surface area contributed by atoms with Crippen molar-refractivity contribution in [1.82, 2.24) is 14.8 Å². The molecule has 0 N–H and O–H groups in total. The Kier molecular flexibility index (Phi) is 7.04. The molecule has 0 aliphatic carbocycles. The van der Waals surface area contributed by atoms with E-state index in [9.17, 15) is 18.0 Å². The van der Waals surface area contributed by atoms with Gasteiger partial charge in [-0.05, 0) is 23.6 Å². The molecule has 6 nitrogen and oxygen atoms in total. The number of anilines is 1. The van der Waals surface area contributed by atoms with Crippen LogP contribution >= 0.6 is 23.2 Å². The lowest BCUT2D eigenvalue weighted by molar-refractivity contribution is -0.137. The van der Waals surface area contributed by atoms with Gasteiger partial charge in [0.1, 0.15) is 5.82 Å². The van der Waals surface area contributed by atoms with Crippen LogP contribution in [0.3, 0.4) is 0 Å². The summed E-state index contributed by atoms with van der Waals surface area (Å²) in [5.41, 5.74) is 1.37. The Morgan fingerprint density at radius 2 is 1.82 bits per heavy atom. The zero-order chi connectivity index (χ0) is 24.5. The molecule has 3 aromatic rings. The van der Waals surface area contributed by atoms with Gasteiger partial charge in [0.15, 0.2) is 18.2 Å². The topological polar surface area (TPSA) is 60.3 Å². The Hall–Kier alpha value is -2.78. The fraction of sp³-hybridized carbons (Fsp3) is 0.348. The largest absolute Gasteiger partial charge is 0.480 e. The lowest BCUT2D eigenvalue weighted by Crippen LogP contribution is -2.39. The third kappa shape index (κ3) is 5.47. The van der Waals surface area contributed by atoms with E-state index in [2.05, 4.69) is 10.2 Å². The monoisotopic (exact) mass is 512 g/mol. The number of alkyl halides is 3. The molecule has 2 aromatic carbocycles. The van der Waals surface area contributed by atoms with E-state index in [0.29, 0.717) is 23.0 Å². The zero-order valence-electron chi connectivity index (χ0n) is 18.1. The van der Waals surface area contributed by atoms with E-state index in [1.807, 2.05) is 37.3 Å². The van der Waals surface area contributed by atoms with E-state index in [1.165, 1.54) is 21.6 Å². The van der Waals surface area contributed by atoms with Gasteiger partial charge in [0.25, 0.3) is 5.91 Å². The summed E-state index contributed by atoms with van der Waals surface area (Å²) in [6, 6.07) is 12.6. The van der Waals surface area contributed by atoms with Crippen LogP contribution in [0.5, 0.6) is 5.75 Å². The number of amides is 1. The molecule has 1 amide bonds. The predicted molar refractivity (Wildman–Crippen MR) is 122 cm³/mol. The highest BCUT2D eigenvalue weighted by Crippen LogP contribution is 2.41. The SMILES string of the molecule is CC(Cc1nnc(CN2C(=O)COc3c(Cl)cc(Cl)cc32)n1CCC(F)(F)F)c1ccccc1. The van der Waals surface area contributed by atoms with Crippen molar-refractivity contribution in [1.29, 1.82) is 0 Å². The van der Waals surface area contributed by atoms with Crippen molar-refractivity contribution >= 4 is 34.8 Å². The number of fused-ring (bicyclic) bond motifs is 1. The highest BCUT2D eigenvalue weighted by Gasteiger charge is 2.32. The lowest BCUT2D eigenvalue weighted by atomic mass is 9.97. The van der Waals surface area contributed by atoms with Crippen LogP contribution in [0.15, 0.2) is 42.5 Å². The van der Waals surface area contributed by atoms with E-state index in [4.69, 9.17) is 27.9 Å². The minimum absolute atomic E-state index is 0.00578. The van der Waals surface area contributed by atoms with Crippen LogP contribution in [-0.2, 0) is 24.3 Å². The first kappa shape index (κ1) is 24.3. The molecule has 0 saturated heterocycles. The molecule has 4 rings (SSSR count). The number of carbonyl (C=O) groups excluding carboxylic acids is 1. The minimum atomic E-state index is -4.35. The minimum Gasteiger partial charge on any atom is -0.480 e. The van der Waals surface area contributed by atoms with Gasteiger partial charge in [0.2, 0.25) is 0 Å². The van der Waals surface area contributed by atoms with Gasteiger partial charge >= 0.3 is 6.18 Å². The first-order valence-electron chi connectivity index (χ1n) is 10.6. The number of rotatable bonds is 7. The van der Waals surface area contributed by atoms with E-state index < -0.39 is 18.5 Å². The molecule has 0 spiro atoms. The Morgan fingerprint density at radius 1 is 1.12 bits per heavy atom. The van der Waals surface area contributed by atoms with Gasteiger partial charge in [-0.2, -0.15) is 13.2 Å². The summed E-state index contributed by atoms with van der Waals surface area (Å²) in [5, 5.41) is 8.87. The second kappa shape index (κ2) is 9.84. The van der Waals surface area contributed by atoms with Gasteiger partial charge < -0.3 is 9.30 Å². The number of benzene rings is 2. The van der Waals surface area contributed by atoms with Crippen molar-refractivity contribution in [3.8, 4) is 5.75 Å². The summed E-state index contributed by atoms with van der Waals surface area (Å²) in [6.07, 6.45) is -5.01. The highest BCUT2D eigenvalue weighted by atomic mass is 35.5. The van der Waals surface area contributed by atoms with E-state index in [0.717, 1.165) is 5.56 Å². The fourth-order valence-electron chi connectivity index (χ4n) is 3.86. The Balaban J connectivity index is 1.66. The van der Waals surface area contributed by atoms with Gasteiger partial charge in [0, 0.05) is 18.0 Å². The summed E-state index contributed by atoms with van der Waals surface area (Å²) in [5.74, 6) is 0.545. The molecule has 0 saturated carbocycles. The molecule has 1 unspecified atom stereocenters. The maximum atomic E-state index is 13.1. The number of ether oxygens (including phenoxy) is 1. The molecule has 1 aliphatic heterocycles. The van der Waals surface area contributed by atoms with Gasteiger partial charge in [-0.15, -0.1) is 10.2 Å². The number of hydrogen-bond donors (Lipinski definition) is 0. The third-order valence-corrected chi connectivity index (χ3v) is 6.10. The molecule has 1 atom stereocenters. The normalized spacial score (nSPS) is 14.6. The number of halogens is 5. The maximum Gasteiger partial charge on any atom is 0.390 e. The number of carbonyl (C=O) groups is 1. The quantitative estimate of drug-likeness (QED) is 0.400. The van der Waals surface area contributed by atoms with Crippen LogP contribution in [0, 0.1) is 0 Å². The maximum absolute atomic E-state index is 13.1. The molecule has 2 heterocycles. The van der Waals surface area contributed by atoms with Gasteiger partial charge in [-0.3, -0.25) is 9.69 Å². The standard InChI is InChI=1S/C23H21Cl2F3N4O2/c1-14(15-5-3-2-4-6-15)9-19-29-30-20(31(19)8-7-23(26,27)28)12-32-18-11-16(24)10-17(25)22(18)34-13-21(32)33/h2-6,10-11,14H,7-9,12-13H2,1H3. The van der Waals surface area contributed by atoms with Crippen molar-refractivity contribution in [3.05, 3.63) is 69.7 Å². The lowest BCUT2D eigenvalue weighted by Gasteiger charge is -2.30. The summed E-state index contributed by atoms with van der Waals surface area (Å²) >= 11 is 12.3. The van der Waals surface area contributed by atoms with Crippen LogP contribution < -0.4 is 9.64 Å². The molecule has 0 bridgehead atoms. The Labute approximate surface area is 204 Å². The highest BCUT2D eigenvalue weighted by molar-refractivity contribution is 6.36. The van der Waals surface area contributed by atoms with Crippen molar-refractivity contribution in [2.75, 3.05) is 11.5 Å². The average Bonchev–Trinajstić information content (AvgIpc) is 3.15. The number of aromatic nitrogens is 3. The molecule has 0 fully saturated rings. The number of nitrogens with zero attached hydrogens (tertiary/aromatic N) is 4. The molecular weight excluding hydrogens is 492 g/mol. The van der Waals surface area contributed by atoms with E-state index in [1.54, 1.807) is 0 Å². The summed E-state index contributed by atoms with van der Waals surface area (Å²) in [4.78, 5) is 14.0. The Bertz CT molecular complexity index is 1180. The summed E-state index contributed by atoms with van der Waals surface area (Å²) in [6.45, 7) is 1.26.